The molecule has 0 saturated heterocycles. The molecular weight excluding hydrogens is 440 g/mol. The average Bonchev–Trinajstić information content (AvgIpc) is 2.32. The Kier molecular flexibility index (Phi) is 36.6. The van der Waals surface area contributed by atoms with Gasteiger partial charge in [0.05, 0.1) is 0 Å². The van der Waals surface area contributed by atoms with Crippen molar-refractivity contribution in [1.82, 2.24) is 0 Å². The molecule has 0 aliphatic heterocycles. The maximum absolute atomic E-state index is 4.28. The second kappa shape index (κ2) is 26.6. The van der Waals surface area contributed by atoms with Crippen LogP contribution in [0.3, 0.4) is 0 Å². The van der Waals surface area contributed by atoms with Crippen molar-refractivity contribution < 1.29 is 21.1 Å². The molecule has 0 fully saturated rings. The van der Waals surface area contributed by atoms with E-state index in [1.165, 1.54) is 0 Å². The van der Waals surface area contributed by atoms with Crippen LogP contribution in [-0.4, -0.2) is 48.3 Å². The third-order valence-electron chi connectivity index (χ3n) is 2.39. The summed E-state index contributed by atoms with van der Waals surface area (Å²) in [4.78, 5) is 0. The van der Waals surface area contributed by atoms with E-state index >= 15 is 0 Å². The van der Waals surface area contributed by atoms with Crippen molar-refractivity contribution >= 4 is 0 Å². The average molecular weight is 497 g/mol. The van der Waals surface area contributed by atoms with Gasteiger partial charge in [0.1, 0.15) is 0 Å². The standard InChI is InChI=1S/4C6H14N.Mo/c4*1-5(2)7-6(3)4;/h4*5-6H,1-4H3;/q4*-1;+4. The Balaban J connectivity index is -0.0000000873. The third-order valence-corrected chi connectivity index (χ3v) is 2.39. The van der Waals surface area contributed by atoms with Gasteiger partial charge >= 0.3 is 21.1 Å². The van der Waals surface area contributed by atoms with Crippen molar-refractivity contribution in [1.29, 1.82) is 0 Å². The van der Waals surface area contributed by atoms with Gasteiger partial charge in [-0.25, -0.2) is 0 Å². The molecule has 178 valence electrons. The van der Waals surface area contributed by atoms with Crippen LogP contribution in [0.5, 0.6) is 0 Å². The van der Waals surface area contributed by atoms with Crippen molar-refractivity contribution in [2.75, 3.05) is 0 Å². The molecule has 0 amide bonds. The zero-order valence-corrected chi connectivity index (χ0v) is 24.8. The van der Waals surface area contributed by atoms with Gasteiger partial charge in [-0.05, 0) is 0 Å². The Bertz CT molecular complexity index is 196. The van der Waals surface area contributed by atoms with Crippen LogP contribution in [0.4, 0.5) is 0 Å². The van der Waals surface area contributed by atoms with E-state index in [4.69, 9.17) is 0 Å². The van der Waals surface area contributed by atoms with Crippen LogP contribution in [0, 0.1) is 0 Å². The number of rotatable bonds is 8. The Morgan fingerprint density at radius 2 is 0.310 bits per heavy atom. The molecule has 0 aromatic carbocycles. The Morgan fingerprint density at radius 3 is 0.310 bits per heavy atom. The fourth-order valence-corrected chi connectivity index (χ4v) is 2.39. The van der Waals surface area contributed by atoms with E-state index < -0.39 is 0 Å². The van der Waals surface area contributed by atoms with E-state index in [-0.39, 0.29) is 21.1 Å². The summed E-state index contributed by atoms with van der Waals surface area (Å²) in [5.74, 6) is 0. The quantitative estimate of drug-likeness (QED) is 0.302. The largest absolute Gasteiger partial charge is 4.00 e. The summed E-state index contributed by atoms with van der Waals surface area (Å²) in [6.45, 7) is 33.6. The molecule has 0 aromatic heterocycles. The van der Waals surface area contributed by atoms with Gasteiger partial charge < -0.3 is 21.3 Å². The molecule has 0 atom stereocenters. The van der Waals surface area contributed by atoms with Crippen molar-refractivity contribution in [3.63, 3.8) is 0 Å². The van der Waals surface area contributed by atoms with Crippen LogP contribution < -0.4 is 0 Å². The molecule has 29 heavy (non-hydrogen) atoms. The maximum atomic E-state index is 4.28. The van der Waals surface area contributed by atoms with E-state index in [9.17, 15) is 0 Å². The number of hydrogen-bond acceptors (Lipinski definition) is 0. The van der Waals surface area contributed by atoms with Gasteiger partial charge in [0, 0.05) is 0 Å². The topological polar surface area (TPSA) is 56.4 Å². The van der Waals surface area contributed by atoms with Crippen LogP contribution in [0.1, 0.15) is 111 Å². The van der Waals surface area contributed by atoms with Crippen molar-refractivity contribution in [2.45, 2.75) is 159 Å². The summed E-state index contributed by atoms with van der Waals surface area (Å²) in [7, 11) is 0. The van der Waals surface area contributed by atoms with Gasteiger partial charge in [0.2, 0.25) is 0 Å². The molecule has 0 aliphatic rings. The van der Waals surface area contributed by atoms with E-state index in [0.29, 0.717) is 48.3 Å². The first-order valence-corrected chi connectivity index (χ1v) is 11.3. The molecule has 0 saturated carbocycles. The van der Waals surface area contributed by atoms with Gasteiger partial charge in [-0.2, -0.15) is 0 Å². The maximum Gasteiger partial charge on any atom is 4.00 e. The molecule has 0 radical (unpaired) electrons. The second-order valence-corrected chi connectivity index (χ2v) is 9.35. The zero-order chi connectivity index (χ0) is 23.4. The van der Waals surface area contributed by atoms with Crippen molar-refractivity contribution in [3.8, 4) is 0 Å². The van der Waals surface area contributed by atoms with Crippen LogP contribution in [0.15, 0.2) is 0 Å². The molecule has 0 spiro atoms. The summed E-state index contributed by atoms with van der Waals surface area (Å²) in [5, 5.41) is 17.1. The molecule has 4 nitrogen and oxygen atoms in total. The number of nitrogens with zero attached hydrogens (tertiary/aromatic N) is 4. The van der Waals surface area contributed by atoms with Crippen LogP contribution >= 0.6 is 0 Å². The molecule has 0 bridgehead atoms. The van der Waals surface area contributed by atoms with Crippen molar-refractivity contribution in [2.24, 2.45) is 0 Å². The molecule has 0 heterocycles. The molecule has 0 N–H and O–H groups in total. The van der Waals surface area contributed by atoms with Crippen LogP contribution in [0.25, 0.3) is 21.3 Å². The summed E-state index contributed by atoms with van der Waals surface area (Å²) in [6.07, 6.45) is 0. The van der Waals surface area contributed by atoms with E-state index in [0.717, 1.165) is 0 Å². The molecular formula is C24H56MoN4. The van der Waals surface area contributed by atoms with Crippen LogP contribution in [0.2, 0.25) is 0 Å². The Labute approximate surface area is 201 Å². The first-order valence-electron chi connectivity index (χ1n) is 11.3. The Morgan fingerprint density at radius 1 is 0.241 bits per heavy atom. The van der Waals surface area contributed by atoms with Gasteiger partial charge in [0.15, 0.2) is 0 Å². The van der Waals surface area contributed by atoms with Crippen molar-refractivity contribution in [3.05, 3.63) is 21.3 Å². The molecule has 0 unspecified atom stereocenters. The smallest absolute Gasteiger partial charge is 0.658 e. The van der Waals surface area contributed by atoms with E-state index in [1.54, 1.807) is 0 Å². The van der Waals surface area contributed by atoms with Crippen LogP contribution in [-0.2, 0) is 21.1 Å². The van der Waals surface area contributed by atoms with Gasteiger partial charge in [0.25, 0.3) is 0 Å². The molecule has 0 aliphatic carbocycles. The predicted molar refractivity (Wildman–Crippen MR) is 135 cm³/mol. The summed E-state index contributed by atoms with van der Waals surface area (Å²) >= 11 is 0. The zero-order valence-electron chi connectivity index (χ0n) is 22.8. The second-order valence-electron chi connectivity index (χ2n) is 9.35. The first kappa shape index (κ1) is 39.9. The van der Waals surface area contributed by atoms with E-state index in [2.05, 4.69) is 132 Å². The van der Waals surface area contributed by atoms with Gasteiger partial charge in [-0.15, -0.1) is 48.3 Å². The minimum absolute atomic E-state index is 0. The molecule has 5 heteroatoms. The van der Waals surface area contributed by atoms with Gasteiger partial charge in [-0.1, -0.05) is 111 Å². The van der Waals surface area contributed by atoms with Gasteiger partial charge in [-0.3, -0.25) is 0 Å². The predicted octanol–water partition coefficient (Wildman–Crippen LogP) is 8.71. The minimum Gasteiger partial charge on any atom is -0.658 e. The first-order chi connectivity index (χ1) is 12.5. The third kappa shape index (κ3) is 73.5. The normalized spacial score (nSPS) is 10.8. The fourth-order valence-electron chi connectivity index (χ4n) is 2.39. The number of hydrogen-bond donors (Lipinski definition) is 0. The minimum atomic E-state index is 0. The SMILES string of the molecule is CC(C)[N-]C(C)C.CC(C)[N-]C(C)C.CC(C)[N-]C(C)C.CC(C)[N-]C(C)C.[Mo+4]. The monoisotopic (exact) mass is 498 g/mol. The molecule has 0 rings (SSSR count). The summed E-state index contributed by atoms with van der Waals surface area (Å²) < 4.78 is 0. The Hall–Kier alpha value is 0.528. The summed E-state index contributed by atoms with van der Waals surface area (Å²) in [6, 6.07) is 4.00. The summed E-state index contributed by atoms with van der Waals surface area (Å²) in [5.41, 5.74) is 0. The van der Waals surface area contributed by atoms with E-state index in [1.807, 2.05) is 0 Å². The molecule has 0 aromatic rings. The fraction of sp³-hybridized carbons (Fsp3) is 1.00.